The fourth-order valence-corrected chi connectivity index (χ4v) is 3.24. The predicted octanol–water partition coefficient (Wildman–Crippen LogP) is 3.88. The number of nitrogens with zero attached hydrogens (tertiary/aromatic N) is 3. The van der Waals surface area contributed by atoms with Gasteiger partial charge in [0.15, 0.2) is 5.96 Å². The predicted molar refractivity (Wildman–Crippen MR) is 132 cm³/mol. The van der Waals surface area contributed by atoms with Crippen molar-refractivity contribution < 1.29 is 13.2 Å². The van der Waals surface area contributed by atoms with E-state index in [0.717, 1.165) is 31.9 Å². The van der Waals surface area contributed by atoms with Gasteiger partial charge in [-0.2, -0.15) is 24.9 Å². The molecule has 0 bridgehead atoms. The number of alkyl halides is 3. The highest BCUT2D eigenvalue weighted by atomic mass is 127. The minimum absolute atomic E-state index is 0. The summed E-state index contributed by atoms with van der Waals surface area (Å²) in [5.74, 6) is 0.578. The lowest BCUT2D eigenvalue weighted by Crippen LogP contribution is -2.45. The molecule has 0 atom stereocenters. The number of anilines is 1. The van der Waals surface area contributed by atoms with Crippen molar-refractivity contribution in [3.63, 3.8) is 0 Å². The van der Waals surface area contributed by atoms with Crippen molar-refractivity contribution in [1.29, 1.82) is 0 Å². The summed E-state index contributed by atoms with van der Waals surface area (Å²) in [6.45, 7) is 8.58. The molecule has 1 aliphatic heterocycles. The van der Waals surface area contributed by atoms with Crippen molar-refractivity contribution in [2.75, 3.05) is 58.0 Å². The summed E-state index contributed by atoms with van der Waals surface area (Å²) in [6, 6.07) is 4.02. The van der Waals surface area contributed by atoms with E-state index in [4.69, 9.17) is 0 Å². The Morgan fingerprint density at radius 1 is 1.13 bits per heavy atom. The second-order valence-electron chi connectivity index (χ2n) is 7.87. The van der Waals surface area contributed by atoms with Crippen molar-refractivity contribution in [2.24, 2.45) is 4.99 Å². The van der Waals surface area contributed by atoms with E-state index >= 15 is 0 Å². The van der Waals surface area contributed by atoms with Gasteiger partial charge in [0.2, 0.25) is 0 Å². The number of guanidine groups is 1. The number of nitrogens with one attached hydrogen (secondary N) is 2. The molecule has 1 fully saturated rings. The van der Waals surface area contributed by atoms with Crippen LogP contribution in [0, 0.1) is 0 Å². The SMILES string of the molecule is CN=C(NCc1cc(C(F)(F)F)ccc1N1CCN(C)CC1)NCC(C)(C)SC.I. The second kappa shape index (κ2) is 11.7. The highest BCUT2D eigenvalue weighted by molar-refractivity contribution is 14.0. The van der Waals surface area contributed by atoms with Crippen molar-refractivity contribution in [1.82, 2.24) is 15.5 Å². The largest absolute Gasteiger partial charge is 0.416 e. The fraction of sp³-hybridized carbons (Fsp3) is 0.650. The number of hydrogen-bond acceptors (Lipinski definition) is 4. The number of hydrogen-bond donors (Lipinski definition) is 2. The van der Waals surface area contributed by atoms with Gasteiger partial charge < -0.3 is 20.4 Å². The third-order valence-corrected chi connectivity index (χ3v) is 6.40. The van der Waals surface area contributed by atoms with Crippen LogP contribution in [0.4, 0.5) is 18.9 Å². The number of likely N-dealkylation sites (N-methyl/N-ethyl adjacent to an activating group) is 1. The van der Waals surface area contributed by atoms with E-state index in [1.807, 2.05) is 6.26 Å². The number of thioether (sulfide) groups is 1. The summed E-state index contributed by atoms with van der Waals surface area (Å²) in [5, 5.41) is 6.43. The minimum Gasteiger partial charge on any atom is -0.369 e. The van der Waals surface area contributed by atoms with Crippen LogP contribution in [0.25, 0.3) is 0 Å². The van der Waals surface area contributed by atoms with Gasteiger partial charge in [0.1, 0.15) is 0 Å². The van der Waals surface area contributed by atoms with Gasteiger partial charge in [0.25, 0.3) is 0 Å². The maximum atomic E-state index is 13.3. The zero-order chi connectivity index (χ0) is 21.7. The second-order valence-corrected chi connectivity index (χ2v) is 9.39. The molecule has 30 heavy (non-hydrogen) atoms. The summed E-state index contributed by atoms with van der Waals surface area (Å²) < 4.78 is 39.8. The molecule has 1 aromatic carbocycles. The van der Waals surface area contributed by atoms with Gasteiger partial charge >= 0.3 is 6.18 Å². The molecule has 0 radical (unpaired) electrons. The highest BCUT2D eigenvalue weighted by Gasteiger charge is 2.31. The van der Waals surface area contributed by atoms with E-state index in [0.29, 0.717) is 18.1 Å². The van der Waals surface area contributed by atoms with Gasteiger partial charge in [0.05, 0.1) is 5.56 Å². The maximum Gasteiger partial charge on any atom is 0.416 e. The van der Waals surface area contributed by atoms with Crippen LogP contribution in [-0.4, -0.2) is 68.7 Å². The lowest BCUT2D eigenvalue weighted by molar-refractivity contribution is -0.137. The van der Waals surface area contributed by atoms with Crippen molar-refractivity contribution in [3.05, 3.63) is 29.3 Å². The molecule has 1 aromatic rings. The first-order valence-electron chi connectivity index (χ1n) is 9.69. The lowest BCUT2D eigenvalue weighted by atomic mass is 10.1. The van der Waals surface area contributed by atoms with E-state index < -0.39 is 11.7 Å². The smallest absolute Gasteiger partial charge is 0.369 e. The van der Waals surface area contributed by atoms with Crippen LogP contribution in [-0.2, 0) is 12.7 Å². The average Bonchev–Trinajstić information content (AvgIpc) is 2.68. The molecule has 1 saturated heterocycles. The third kappa shape index (κ3) is 7.99. The fourth-order valence-electron chi connectivity index (χ4n) is 3.03. The first-order valence-corrected chi connectivity index (χ1v) is 10.9. The molecule has 0 saturated carbocycles. The molecule has 0 aliphatic carbocycles. The van der Waals surface area contributed by atoms with E-state index in [-0.39, 0.29) is 35.3 Å². The molecule has 0 aromatic heterocycles. The Balaban J connectivity index is 0.00000450. The van der Waals surface area contributed by atoms with Crippen molar-refractivity contribution in [3.8, 4) is 0 Å². The Kier molecular flexibility index (Phi) is 10.6. The maximum absolute atomic E-state index is 13.3. The molecule has 5 nitrogen and oxygen atoms in total. The minimum atomic E-state index is -4.36. The quantitative estimate of drug-likeness (QED) is 0.315. The molecule has 2 N–H and O–H groups in total. The number of benzene rings is 1. The zero-order valence-electron chi connectivity index (χ0n) is 18.3. The van der Waals surface area contributed by atoms with Gasteiger partial charge in [-0.05, 0) is 50.9 Å². The average molecular weight is 559 g/mol. The monoisotopic (exact) mass is 559 g/mol. The summed E-state index contributed by atoms with van der Waals surface area (Å²) in [7, 11) is 3.72. The molecule has 172 valence electrons. The van der Waals surface area contributed by atoms with Crippen molar-refractivity contribution in [2.45, 2.75) is 31.3 Å². The van der Waals surface area contributed by atoms with Crippen LogP contribution in [0.15, 0.2) is 23.2 Å². The normalized spacial score (nSPS) is 16.3. The molecule has 1 heterocycles. The first kappa shape index (κ1) is 27.2. The third-order valence-electron chi connectivity index (χ3n) is 5.15. The van der Waals surface area contributed by atoms with Gasteiger partial charge in [-0.15, -0.1) is 24.0 Å². The first-order chi connectivity index (χ1) is 13.6. The molecule has 0 unspecified atom stereocenters. The molecule has 10 heteroatoms. The van der Waals surface area contributed by atoms with E-state index in [9.17, 15) is 13.2 Å². The lowest BCUT2D eigenvalue weighted by Gasteiger charge is -2.35. The van der Waals surface area contributed by atoms with Crippen LogP contribution in [0.5, 0.6) is 0 Å². The molecule has 0 spiro atoms. The molecule has 2 rings (SSSR count). The van der Waals surface area contributed by atoms with Crippen LogP contribution in [0.2, 0.25) is 0 Å². The standard InChI is InChI=1S/C20H32F3N5S.HI/c1-19(2,29-5)14-26-18(24-3)25-13-15-12-16(20(21,22)23)6-7-17(15)28-10-8-27(4)9-11-28;/h6-7,12H,8-11,13-14H2,1-5H3,(H2,24,25,26);1H. The van der Waals surface area contributed by atoms with Crippen LogP contribution in [0.1, 0.15) is 25.0 Å². The Morgan fingerprint density at radius 2 is 1.77 bits per heavy atom. The van der Waals surface area contributed by atoms with Crippen LogP contribution >= 0.6 is 35.7 Å². The summed E-state index contributed by atoms with van der Waals surface area (Å²) in [6.07, 6.45) is -2.32. The van der Waals surface area contributed by atoms with Crippen molar-refractivity contribution >= 4 is 47.4 Å². The number of aliphatic imine (C=N–C) groups is 1. The summed E-state index contributed by atoms with van der Waals surface area (Å²) in [4.78, 5) is 8.58. The summed E-state index contributed by atoms with van der Waals surface area (Å²) in [5.41, 5.74) is 0.841. The van der Waals surface area contributed by atoms with E-state index in [1.165, 1.54) is 12.1 Å². The van der Waals surface area contributed by atoms with Gasteiger partial charge in [-0.25, -0.2) is 0 Å². The van der Waals surface area contributed by atoms with E-state index in [2.05, 4.69) is 46.3 Å². The molecule has 1 aliphatic rings. The number of halogens is 4. The molecule has 0 amide bonds. The summed E-state index contributed by atoms with van der Waals surface area (Å²) >= 11 is 1.74. The Labute approximate surface area is 199 Å². The highest BCUT2D eigenvalue weighted by Crippen LogP contribution is 2.33. The van der Waals surface area contributed by atoms with Gasteiger partial charge in [0, 0.05) is 56.8 Å². The Morgan fingerprint density at radius 3 is 2.30 bits per heavy atom. The zero-order valence-corrected chi connectivity index (χ0v) is 21.4. The number of rotatable bonds is 6. The topological polar surface area (TPSA) is 42.9 Å². The Bertz CT molecular complexity index is 704. The molecular formula is C20H33F3IN5S. The van der Waals surface area contributed by atoms with E-state index in [1.54, 1.807) is 24.9 Å². The van der Waals surface area contributed by atoms with Gasteiger partial charge in [-0.1, -0.05) is 0 Å². The Hall–Kier alpha value is -0.880. The van der Waals surface area contributed by atoms with Crippen LogP contribution < -0.4 is 15.5 Å². The molecular weight excluding hydrogens is 526 g/mol. The van der Waals surface area contributed by atoms with Crippen LogP contribution in [0.3, 0.4) is 0 Å². The number of piperazine rings is 1. The van der Waals surface area contributed by atoms with Gasteiger partial charge in [-0.3, -0.25) is 4.99 Å².